The molecule has 3 aromatic rings. The predicted octanol–water partition coefficient (Wildman–Crippen LogP) is 4.97. The zero-order chi connectivity index (χ0) is 17.6. The van der Waals surface area contributed by atoms with Crippen LogP contribution in [0.1, 0.15) is 31.7 Å². The number of pyridine rings is 1. The summed E-state index contributed by atoms with van der Waals surface area (Å²) in [5.41, 5.74) is 2.89. The van der Waals surface area contributed by atoms with Gasteiger partial charge in [-0.3, -0.25) is 9.78 Å². The van der Waals surface area contributed by atoms with E-state index in [0.29, 0.717) is 5.13 Å². The zero-order valence-corrected chi connectivity index (χ0v) is 15.2. The molecule has 2 aromatic heterocycles. The van der Waals surface area contributed by atoms with E-state index in [1.54, 1.807) is 12.4 Å². The minimum atomic E-state index is -0.181. The standard InChI is InChI=1S/C20H21N3OS/c1-3-14(2)18(16-7-5-4-6-8-16)19(24)23-20-22-17(13-25-20)15-9-11-21-12-10-15/h4-14,18H,3H2,1-2H3,(H,22,23,24)/t14-,18+/m0/s1. The molecule has 128 valence electrons. The second-order valence-corrected chi connectivity index (χ2v) is 6.90. The zero-order valence-electron chi connectivity index (χ0n) is 14.3. The molecule has 4 nitrogen and oxygen atoms in total. The van der Waals surface area contributed by atoms with Crippen LogP contribution >= 0.6 is 11.3 Å². The lowest BCUT2D eigenvalue weighted by Crippen LogP contribution is -2.26. The molecule has 1 aromatic carbocycles. The molecule has 1 amide bonds. The van der Waals surface area contributed by atoms with E-state index in [1.807, 2.05) is 47.8 Å². The summed E-state index contributed by atoms with van der Waals surface area (Å²) in [6.45, 7) is 4.22. The van der Waals surface area contributed by atoms with Gasteiger partial charge in [0.05, 0.1) is 11.6 Å². The largest absolute Gasteiger partial charge is 0.301 e. The molecule has 0 unspecified atom stereocenters. The van der Waals surface area contributed by atoms with E-state index >= 15 is 0 Å². The highest BCUT2D eigenvalue weighted by Crippen LogP contribution is 2.30. The van der Waals surface area contributed by atoms with Crippen molar-refractivity contribution in [3.05, 3.63) is 65.8 Å². The van der Waals surface area contributed by atoms with Gasteiger partial charge in [0.15, 0.2) is 5.13 Å². The van der Waals surface area contributed by atoms with E-state index in [-0.39, 0.29) is 17.7 Å². The van der Waals surface area contributed by atoms with E-state index in [1.165, 1.54) is 11.3 Å². The number of hydrogen-bond donors (Lipinski definition) is 1. The van der Waals surface area contributed by atoms with Gasteiger partial charge in [-0.25, -0.2) is 4.98 Å². The van der Waals surface area contributed by atoms with Gasteiger partial charge in [-0.15, -0.1) is 11.3 Å². The van der Waals surface area contributed by atoms with Gasteiger partial charge in [0.2, 0.25) is 5.91 Å². The summed E-state index contributed by atoms with van der Waals surface area (Å²) in [6.07, 6.45) is 4.41. The van der Waals surface area contributed by atoms with Gasteiger partial charge in [-0.2, -0.15) is 0 Å². The van der Waals surface area contributed by atoms with Crippen LogP contribution in [-0.2, 0) is 4.79 Å². The van der Waals surface area contributed by atoms with Crippen molar-refractivity contribution in [1.82, 2.24) is 9.97 Å². The van der Waals surface area contributed by atoms with Crippen LogP contribution in [0.15, 0.2) is 60.2 Å². The molecule has 2 atom stereocenters. The number of nitrogens with one attached hydrogen (secondary N) is 1. The first-order valence-electron chi connectivity index (χ1n) is 8.40. The second kappa shape index (κ2) is 8.03. The molecular formula is C20H21N3OS. The minimum absolute atomic E-state index is 0.00354. The molecule has 0 aliphatic heterocycles. The molecule has 0 spiro atoms. The van der Waals surface area contributed by atoms with Crippen LogP contribution in [0.5, 0.6) is 0 Å². The first kappa shape index (κ1) is 17.3. The van der Waals surface area contributed by atoms with E-state index in [0.717, 1.165) is 23.2 Å². The number of rotatable bonds is 6. The predicted molar refractivity (Wildman–Crippen MR) is 103 cm³/mol. The number of carbonyl (C=O) groups excluding carboxylic acids is 1. The highest BCUT2D eigenvalue weighted by atomic mass is 32.1. The third-order valence-electron chi connectivity index (χ3n) is 4.36. The molecule has 0 bridgehead atoms. The van der Waals surface area contributed by atoms with Crippen LogP contribution in [0.25, 0.3) is 11.3 Å². The summed E-state index contributed by atoms with van der Waals surface area (Å²) < 4.78 is 0. The summed E-state index contributed by atoms with van der Waals surface area (Å²) in [5.74, 6) is 0.0673. The van der Waals surface area contributed by atoms with E-state index < -0.39 is 0 Å². The maximum atomic E-state index is 12.9. The number of nitrogens with zero attached hydrogens (tertiary/aromatic N) is 2. The Balaban J connectivity index is 1.79. The monoisotopic (exact) mass is 351 g/mol. The lowest BCUT2D eigenvalue weighted by atomic mass is 9.85. The molecule has 0 saturated carbocycles. The summed E-state index contributed by atoms with van der Waals surface area (Å²) in [6, 6.07) is 13.8. The maximum Gasteiger partial charge on any atom is 0.233 e. The number of aromatic nitrogens is 2. The fourth-order valence-electron chi connectivity index (χ4n) is 2.80. The van der Waals surface area contributed by atoms with Crippen molar-refractivity contribution in [2.75, 3.05) is 5.32 Å². The molecule has 0 saturated heterocycles. The second-order valence-electron chi connectivity index (χ2n) is 6.04. The van der Waals surface area contributed by atoms with Crippen LogP contribution < -0.4 is 5.32 Å². The Morgan fingerprint density at radius 2 is 1.88 bits per heavy atom. The minimum Gasteiger partial charge on any atom is -0.301 e. The van der Waals surface area contributed by atoms with Gasteiger partial charge in [0.1, 0.15) is 0 Å². The van der Waals surface area contributed by atoms with E-state index in [2.05, 4.69) is 29.1 Å². The van der Waals surface area contributed by atoms with E-state index in [4.69, 9.17) is 0 Å². The fraction of sp³-hybridized carbons (Fsp3) is 0.250. The first-order valence-corrected chi connectivity index (χ1v) is 9.28. The summed E-state index contributed by atoms with van der Waals surface area (Å²) in [5, 5.41) is 5.57. The molecule has 0 fully saturated rings. The Bertz CT molecular complexity index is 817. The van der Waals surface area contributed by atoms with Gasteiger partial charge in [-0.05, 0) is 23.6 Å². The number of benzene rings is 1. The fourth-order valence-corrected chi connectivity index (χ4v) is 3.53. The van der Waals surface area contributed by atoms with Crippen LogP contribution in [-0.4, -0.2) is 15.9 Å². The third-order valence-corrected chi connectivity index (χ3v) is 5.12. The van der Waals surface area contributed by atoms with Crippen molar-refractivity contribution in [2.24, 2.45) is 5.92 Å². The Hall–Kier alpha value is -2.53. The average molecular weight is 351 g/mol. The Kier molecular flexibility index (Phi) is 5.56. The van der Waals surface area contributed by atoms with Crippen molar-refractivity contribution < 1.29 is 4.79 Å². The normalized spacial score (nSPS) is 13.2. The molecule has 3 rings (SSSR count). The van der Waals surface area contributed by atoms with Crippen molar-refractivity contribution in [3.8, 4) is 11.3 Å². The summed E-state index contributed by atoms with van der Waals surface area (Å²) in [7, 11) is 0. The Labute approximate surface area is 152 Å². The van der Waals surface area contributed by atoms with Gasteiger partial charge >= 0.3 is 0 Å². The smallest absolute Gasteiger partial charge is 0.233 e. The van der Waals surface area contributed by atoms with Gasteiger partial charge in [-0.1, -0.05) is 50.6 Å². The molecular weight excluding hydrogens is 330 g/mol. The number of thiazole rings is 1. The van der Waals surface area contributed by atoms with Crippen molar-refractivity contribution in [1.29, 1.82) is 0 Å². The average Bonchev–Trinajstić information content (AvgIpc) is 3.12. The lowest BCUT2D eigenvalue weighted by Gasteiger charge is -2.22. The number of anilines is 1. The van der Waals surface area contributed by atoms with Crippen molar-refractivity contribution in [2.45, 2.75) is 26.2 Å². The van der Waals surface area contributed by atoms with Crippen LogP contribution in [0.3, 0.4) is 0 Å². The Morgan fingerprint density at radius 3 is 2.56 bits per heavy atom. The molecule has 25 heavy (non-hydrogen) atoms. The topological polar surface area (TPSA) is 54.9 Å². The van der Waals surface area contributed by atoms with Crippen molar-refractivity contribution in [3.63, 3.8) is 0 Å². The Morgan fingerprint density at radius 1 is 1.16 bits per heavy atom. The van der Waals surface area contributed by atoms with E-state index in [9.17, 15) is 4.79 Å². The maximum absolute atomic E-state index is 12.9. The molecule has 2 heterocycles. The number of hydrogen-bond acceptors (Lipinski definition) is 4. The molecule has 0 aliphatic carbocycles. The van der Waals surface area contributed by atoms with Gasteiger partial charge < -0.3 is 5.32 Å². The molecule has 0 radical (unpaired) electrons. The number of carbonyl (C=O) groups is 1. The first-order chi connectivity index (χ1) is 12.2. The molecule has 1 N–H and O–H groups in total. The SMILES string of the molecule is CC[C@H](C)[C@@H](C(=O)Nc1nc(-c2ccncc2)cs1)c1ccccc1. The van der Waals surface area contributed by atoms with Crippen molar-refractivity contribution >= 4 is 22.4 Å². The lowest BCUT2D eigenvalue weighted by molar-refractivity contribution is -0.118. The quantitative estimate of drug-likeness (QED) is 0.682. The van der Waals surface area contributed by atoms with Crippen LogP contribution in [0.2, 0.25) is 0 Å². The molecule has 0 aliphatic rings. The van der Waals surface area contributed by atoms with Gasteiger partial charge in [0, 0.05) is 23.3 Å². The van der Waals surface area contributed by atoms with Crippen LogP contribution in [0.4, 0.5) is 5.13 Å². The summed E-state index contributed by atoms with van der Waals surface area (Å²) in [4.78, 5) is 21.5. The molecule has 5 heteroatoms. The summed E-state index contributed by atoms with van der Waals surface area (Å²) >= 11 is 1.44. The highest BCUT2D eigenvalue weighted by Gasteiger charge is 2.26. The number of amides is 1. The van der Waals surface area contributed by atoms with Crippen LogP contribution in [0, 0.1) is 5.92 Å². The highest BCUT2D eigenvalue weighted by molar-refractivity contribution is 7.14. The third kappa shape index (κ3) is 4.12. The van der Waals surface area contributed by atoms with Gasteiger partial charge in [0.25, 0.3) is 0 Å².